The smallest absolute Gasteiger partial charge is 0.0774 e. The van der Waals surface area contributed by atoms with Crippen molar-refractivity contribution in [1.82, 2.24) is 0 Å². The van der Waals surface area contributed by atoms with E-state index in [9.17, 15) is 5.11 Å². The van der Waals surface area contributed by atoms with Crippen LogP contribution in [0.5, 0.6) is 0 Å². The SMILES string of the molecule is CC(C)(C)C1(OCC(C)(C)C2(O)CCCC2)CCOCC1. The van der Waals surface area contributed by atoms with Crippen molar-refractivity contribution in [3.8, 4) is 0 Å². The molecule has 1 aliphatic heterocycles. The first-order valence-corrected chi connectivity index (χ1v) is 8.56. The highest BCUT2D eigenvalue weighted by molar-refractivity contribution is 4.99. The van der Waals surface area contributed by atoms with Crippen LogP contribution < -0.4 is 0 Å². The standard InChI is InChI=1S/C18H34O3/c1-15(2,3)18(10-12-20-13-11-18)21-14-16(4,5)17(19)8-6-7-9-17/h19H,6-14H2,1-5H3. The van der Waals surface area contributed by atoms with Crippen LogP contribution >= 0.6 is 0 Å². The molecule has 0 unspecified atom stereocenters. The minimum Gasteiger partial charge on any atom is -0.389 e. The molecule has 2 aliphatic rings. The normalized spacial score (nSPS) is 26.0. The van der Waals surface area contributed by atoms with Gasteiger partial charge in [-0.3, -0.25) is 0 Å². The first kappa shape index (κ1) is 17.2. The average molecular weight is 298 g/mol. The van der Waals surface area contributed by atoms with Crippen molar-refractivity contribution >= 4 is 0 Å². The zero-order valence-electron chi connectivity index (χ0n) is 14.6. The number of aliphatic hydroxyl groups is 1. The predicted octanol–water partition coefficient (Wildman–Crippen LogP) is 3.93. The van der Waals surface area contributed by atoms with E-state index in [4.69, 9.17) is 9.47 Å². The third-order valence-electron chi connectivity index (χ3n) is 6.07. The summed E-state index contributed by atoms with van der Waals surface area (Å²) in [6, 6.07) is 0. The van der Waals surface area contributed by atoms with E-state index in [0.717, 1.165) is 51.7 Å². The maximum absolute atomic E-state index is 10.9. The van der Waals surface area contributed by atoms with Gasteiger partial charge in [0.25, 0.3) is 0 Å². The van der Waals surface area contributed by atoms with Gasteiger partial charge in [0.1, 0.15) is 0 Å². The summed E-state index contributed by atoms with van der Waals surface area (Å²) in [5, 5.41) is 10.9. The number of rotatable bonds is 4. The molecule has 1 N–H and O–H groups in total. The van der Waals surface area contributed by atoms with Crippen LogP contribution in [0.15, 0.2) is 0 Å². The summed E-state index contributed by atoms with van der Waals surface area (Å²) in [6.45, 7) is 13.3. The van der Waals surface area contributed by atoms with Crippen LogP contribution in [0.4, 0.5) is 0 Å². The summed E-state index contributed by atoms with van der Waals surface area (Å²) < 4.78 is 12.1. The molecule has 0 aromatic carbocycles. The second-order valence-electron chi connectivity index (χ2n) is 8.77. The van der Waals surface area contributed by atoms with Gasteiger partial charge in [-0.05, 0) is 18.3 Å². The Hall–Kier alpha value is -0.120. The monoisotopic (exact) mass is 298 g/mol. The Balaban J connectivity index is 2.08. The number of hydrogen-bond acceptors (Lipinski definition) is 3. The highest BCUT2D eigenvalue weighted by Crippen LogP contribution is 2.47. The van der Waals surface area contributed by atoms with E-state index < -0.39 is 5.60 Å². The molecule has 0 spiro atoms. The number of ether oxygens (including phenoxy) is 2. The zero-order valence-corrected chi connectivity index (χ0v) is 14.6. The Kier molecular flexibility index (Phi) is 4.78. The molecular weight excluding hydrogens is 264 g/mol. The third-order valence-corrected chi connectivity index (χ3v) is 6.07. The van der Waals surface area contributed by atoms with E-state index in [1.807, 2.05) is 0 Å². The van der Waals surface area contributed by atoms with E-state index in [-0.39, 0.29) is 16.4 Å². The van der Waals surface area contributed by atoms with E-state index >= 15 is 0 Å². The quantitative estimate of drug-likeness (QED) is 0.854. The first-order chi connectivity index (χ1) is 9.62. The van der Waals surface area contributed by atoms with Crippen LogP contribution in [0.2, 0.25) is 0 Å². The fourth-order valence-corrected chi connectivity index (χ4v) is 3.90. The van der Waals surface area contributed by atoms with Gasteiger partial charge in [0.15, 0.2) is 0 Å². The van der Waals surface area contributed by atoms with Crippen molar-refractivity contribution in [1.29, 1.82) is 0 Å². The predicted molar refractivity (Wildman–Crippen MR) is 85.4 cm³/mol. The minimum atomic E-state index is -0.558. The summed E-state index contributed by atoms with van der Waals surface area (Å²) in [4.78, 5) is 0. The van der Waals surface area contributed by atoms with Gasteiger partial charge in [0.05, 0.1) is 17.8 Å². The Labute approximate surface area is 130 Å². The molecule has 2 fully saturated rings. The summed E-state index contributed by atoms with van der Waals surface area (Å²) in [6.07, 6.45) is 6.00. The molecule has 0 radical (unpaired) electrons. The average Bonchev–Trinajstić information content (AvgIpc) is 2.85. The van der Waals surface area contributed by atoms with Gasteiger partial charge < -0.3 is 14.6 Å². The summed E-state index contributed by atoms with van der Waals surface area (Å²) in [5.41, 5.74) is -0.792. The maximum Gasteiger partial charge on any atom is 0.0774 e. The Morgan fingerprint density at radius 1 is 0.952 bits per heavy atom. The highest BCUT2D eigenvalue weighted by atomic mass is 16.5. The molecule has 2 rings (SSSR count). The molecule has 21 heavy (non-hydrogen) atoms. The van der Waals surface area contributed by atoms with Gasteiger partial charge >= 0.3 is 0 Å². The zero-order chi connectivity index (χ0) is 15.8. The van der Waals surface area contributed by atoms with Gasteiger partial charge in [0, 0.05) is 31.5 Å². The molecule has 1 saturated heterocycles. The Morgan fingerprint density at radius 3 is 1.95 bits per heavy atom. The maximum atomic E-state index is 10.9. The van der Waals surface area contributed by atoms with Crippen LogP contribution in [-0.4, -0.2) is 36.1 Å². The van der Waals surface area contributed by atoms with Crippen LogP contribution in [0.1, 0.15) is 73.1 Å². The molecule has 0 aromatic rings. The topological polar surface area (TPSA) is 38.7 Å². The number of hydrogen-bond donors (Lipinski definition) is 1. The van der Waals surface area contributed by atoms with Crippen LogP contribution in [0, 0.1) is 10.8 Å². The largest absolute Gasteiger partial charge is 0.389 e. The molecule has 1 aliphatic carbocycles. The minimum absolute atomic E-state index is 0.0884. The molecule has 3 heteroatoms. The van der Waals surface area contributed by atoms with Gasteiger partial charge in [-0.15, -0.1) is 0 Å². The fraction of sp³-hybridized carbons (Fsp3) is 1.00. The fourth-order valence-electron chi connectivity index (χ4n) is 3.90. The molecule has 0 amide bonds. The van der Waals surface area contributed by atoms with Crippen LogP contribution in [0.25, 0.3) is 0 Å². The van der Waals surface area contributed by atoms with Gasteiger partial charge in [-0.25, -0.2) is 0 Å². The van der Waals surface area contributed by atoms with Crippen LogP contribution in [-0.2, 0) is 9.47 Å². The second kappa shape index (κ2) is 5.82. The van der Waals surface area contributed by atoms with E-state index in [1.54, 1.807) is 0 Å². The first-order valence-electron chi connectivity index (χ1n) is 8.56. The molecule has 124 valence electrons. The Morgan fingerprint density at radius 2 is 1.48 bits per heavy atom. The van der Waals surface area contributed by atoms with Crippen LogP contribution in [0.3, 0.4) is 0 Å². The molecule has 1 heterocycles. The van der Waals surface area contributed by atoms with Gasteiger partial charge in [-0.2, -0.15) is 0 Å². The lowest BCUT2D eigenvalue weighted by Gasteiger charge is -2.50. The van der Waals surface area contributed by atoms with Crippen molar-refractivity contribution < 1.29 is 14.6 Å². The lowest BCUT2D eigenvalue weighted by molar-refractivity contribution is -0.202. The van der Waals surface area contributed by atoms with Crippen molar-refractivity contribution in [3.63, 3.8) is 0 Å². The van der Waals surface area contributed by atoms with E-state index in [1.165, 1.54) is 0 Å². The Bertz CT molecular complexity index is 342. The van der Waals surface area contributed by atoms with Crippen molar-refractivity contribution in [2.75, 3.05) is 19.8 Å². The summed E-state index contributed by atoms with van der Waals surface area (Å²) in [5.74, 6) is 0. The highest BCUT2D eigenvalue weighted by Gasteiger charge is 2.49. The molecule has 3 nitrogen and oxygen atoms in total. The second-order valence-corrected chi connectivity index (χ2v) is 8.77. The lowest BCUT2D eigenvalue weighted by atomic mass is 9.70. The summed E-state index contributed by atoms with van der Waals surface area (Å²) in [7, 11) is 0. The van der Waals surface area contributed by atoms with Gasteiger partial charge in [0.2, 0.25) is 0 Å². The molecule has 0 bridgehead atoms. The van der Waals surface area contributed by atoms with E-state index in [2.05, 4.69) is 34.6 Å². The summed E-state index contributed by atoms with van der Waals surface area (Å²) >= 11 is 0. The molecule has 0 aromatic heterocycles. The van der Waals surface area contributed by atoms with Crippen molar-refractivity contribution in [2.24, 2.45) is 10.8 Å². The molecule has 1 saturated carbocycles. The third kappa shape index (κ3) is 3.30. The van der Waals surface area contributed by atoms with Gasteiger partial charge in [-0.1, -0.05) is 47.5 Å². The van der Waals surface area contributed by atoms with E-state index in [0.29, 0.717) is 6.61 Å². The van der Waals surface area contributed by atoms with Crippen molar-refractivity contribution in [2.45, 2.75) is 84.3 Å². The van der Waals surface area contributed by atoms with Crippen molar-refractivity contribution in [3.05, 3.63) is 0 Å². The molecule has 0 atom stereocenters. The molecular formula is C18H34O3. The lowest BCUT2D eigenvalue weighted by Crippen LogP contribution is -2.53.